The molecule has 0 saturated carbocycles. The molecule has 0 bridgehead atoms. The van der Waals surface area contributed by atoms with E-state index in [4.69, 9.17) is 10.5 Å². The summed E-state index contributed by atoms with van der Waals surface area (Å²) in [5, 5.41) is 13.5. The van der Waals surface area contributed by atoms with E-state index in [2.05, 4.69) is 5.32 Å². The van der Waals surface area contributed by atoms with Crippen LogP contribution in [0.2, 0.25) is 0 Å². The van der Waals surface area contributed by atoms with Crippen LogP contribution in [0.1, 0.15) is 23.7 Å². The van der Waals surface area contributed by atoms with Crippen LogP contribution in [0, 0.1) is 10.1 Å². The molecular formula is C12H17N3O4. The lowest BCUT2D eigenvalue weighted by Crippen LogP contribution is -2.33. The van der Waals surface area contributed by atoms with Gasteiger partial charge in [-0.3, -0.25) is 14.9 Å². The second-order valence-electron chi connectivity index (χ2n) is 4.19. The Morgan fingerprint density at radius 3 is 2.84 bits per heavy atom. The second-order valence-corrected chi connectivity index (χ2v) is 4.19. The van der Waals surface area contributed by atoms with Crippen molar-refractivity contribution in [2.45, 2.75) is 19.4 Å². The van der Waals surface area contributed by atoms with Crippen LogP contribution in [0.3, 0.4) is 0 Å². The number of hydrogen-bond donors (Lipinski definition) is 2. The highest BCUT2D eigenvalue weighted by atomic mass is 16.6. The monoisotopic (exact) mass is 267 g/mol. The highest BCUT2D eigenvalue weighted by molar-refractivity contribution is 5.99. The van der Waals surface area contributed by atoms with Crippen molar-refractivity contribution in [2.24, 2.45) is 0 Å². The van der Waals surface area contributed by atoms with Gasteiger partial charge in [-0.25, -0.2) is 0 Å². The first kappa shape index (κ1) is 14.9. The van der Waals surface area contributed by atoms with Gasteiger partial charge >= 0.3 is 0 Å². The molecule has 0 aliphatic heterocycles. The Morgan fingerprint density at radius 2 is 2.26 bits per heavy atom. The summed E-state index contributed by atoms with van der Waals surface area (Å²) in [6.45, 7) is 2.30. The van der Waals surface area contributed by atoms with Crippen molar-refractivity contribution in [3.05, 3.63) is 33.9 Å². The first-order valence-electron chi connectivity index (χ1n) is 5.79. The van der Waals surface area contributed by atoms with Gasteiger partial charge in [0.15, 0.2) is 0 Å². The van der Waals surface area contributed by atoms with Crippen LogP contribution >= 0.6 is 0 Å². The molecule has 0 aliphatic rings. The van der Waals surface area contributed by atoms with Crippen molar-refractivity contribution < 1.29 is 14.5 Å². The molecule has 19 heavy (non-hydrogen) atoms. The van der Waals surface area contributed by atoms with Gasteiger partial charge in [-0.05, 0) is 25.5 Å². The van der Waals surface area contributed by atoms with Gasteiger partial charge in [-0.1, -0.05) is 0 Å². The number of carbonyl (C=O) groups is 1. The molecule has 7 heteroatoms. The first-order chi connectivity index (χ1) is 8.95. The van der Waals surface area contributed by atoms with Crippen LogP contribution in [0.15, 0.2) is 18.2 Å². The van der Waals surface area contributed by atoms with Crippen molar-refractivity contribution in [3.8, 4) is 0 Å². The van der Waals surface area contributed by atoms with Gasteiger partial charge in [0, 0.05) is 31.5 Å². The number of amides is 1. The van der Waals surface area contributed by atoms with E-state index in [9.17, 15) is 14.9 Å². The lowest BCUT2D eigenvalue weighted by Gasteiger charge is -2.13. The molecule has 0 heterocycles. The summed E-state index contributed by atoms with van der Waals surface area (Å²) >= 11 is 0. The number of ether oxygens (including phenoxy) is 1. The number of carbonyl (C=O) groups excluding carboxylic acids is 1. The largest absolute Gasteiger partial charge is 0.399 e. The number of nitro groups is 1. The molecule has 7 nitrogen and oxygen atoms in total. The number of nitrogens with two attached hydrogens (primary N) is 1. The second kappa shape index (κ2) is 6.69. The summed E-state index contributed by atoms with van der Waals surface area (Å²) in [6.07, 6.45) is 0.623. The molecule has 1 aromatic carbocycles. The van der Waals surface area contributed by atoms with E-state index < -0.39 is 10.8 Å². The molecule has 1 unspecified atom stereocenters. The minimum atomic E-state index is -0.603. The highest BCUT2D eigenvalue weighted by Gasteiger charge is 2.21. The smallest absolute Gasteiger partial charge is 0.282 e. The summed E-state index contributed by atoms with van der Waals surface area (Å²) < 4.78 is 4.90. The molecule has 0 radical (unpaired) electrons. The number of anilines is 1. The van der Waals surface area contributed by atoms with Gasteiger partial charge in [0.2, 0.25) is 0 Å². The molecule has 0 aliphatic carbocycles. The fourth-order valence-electron chi connectivity index (χ4n) is 1.56. The van der Waals surface area contributed by atoms with Crippen LogP contribution in [-0.4, -0.2) is 30.6 Å². The minimum absolute atomic E-state index is 0.0331. The van der Waals surface area contributed by atoms with E-state index in [0.29, 0.717) is 18.7 Å². The van der Waals surface area contributed by atoms with Crippen molar-refractivity contribution in [2.75, 3.05) is 19.5 Å². The quantitative estimate of drug-likeness (QED) is 0.459. The third-order valence-electron chi connectivity index (χ3n) is 2.59. The van der Waals surface area contributed by atoms with Crippen LogP contribution in [0.4, 0.5) is 11.4 Å². The van der Waals surface area contributed by atoms with Gasteiger partial charge in [0.1, 0.15) is 5.56 Å². The van der Waals surface area contributed by atoms with E-state index in [1.807, 2.05) is 0 Å². The molecule has 1 amide bonds. The zero-order valence-corrected chi connectivity index (χ0v) is 10.9. The zero-order chi connectivity index (χ0) is 14.4. The predicted molar refractivity (Wildman–Crippen MR) is 70.9 cm³/mol. The number of benzene rings is 1. The Labute approximate surface area is 110 Å². The van der Waals surface area contributed by atoms with Gasteiger partial charge in [0.25, 0.3) is 11.6 Å². The Kier molecular flexibility index (Phi) is 5.25. The van der Waals surface area contributed by atoms with E-state index in [0.717, 1.165) is 0 Å². The Balaban J connectivity index is 2.86. The summed E-state index contributed by atoms with van der Waals surface area (Å²) in [4.78, 5) is 22.2. The fourth-order valence-corrected chi connectivity index (χ4v) is 1.56. The normalized spacial score (nSPS) is 11.9. The summed E-state index contributed by atoms with van der Waals surface area (Å²) in [7, 11) is 1.57. The number of rotatable bonds is 6. The molecule has 1 aromatic rings. The molecular weight excluding hydrogens is 250 g/mol. The summed E-state index contributed by atoms with van der Waals surface area (Å²) in [6, 6.07) is 3.78. The zero-order valence-electron chi connectivity index (χ0n) is 10.9. The predicted octanol–water partition coefficient (Wildman–Crippen LogP) is 1.33. The van der Waals surface area contributed by atoms with E-state index >= 15 is 0 Å². The Bertz CT molecular complexity index is 476. The Hall–Kier alpha value is -2.15. The van der Waals surface area contributed by atoms with Crippen LogP contribution < -0.4 is 11.1 Å². The van der Waals surface area contributed by atoms with Crippen molar-refractivity contribution in [1.29, 1.82) is 0 Å². The van der Waals surface area contributed by atoms with Gasteiger partial charge in [0.05, 0.1) is 4.92 Å². The lowest BCUT2D eigenvalue weighted by molar-refractivity contribution is -0.385. The Morgan fingerprint density at radius 1 is 1.58 bits per heavy atom. The van der Waals surface area contributed by atoms with Crippen LogP contribution in [0.5, 0.6) is 0 Å². The SMILES string of the molecule is COCCC(C)NC(=O)c1cc(N)ccc1[N+](=O)[O-]. The molecule has 0 aromatic heterocycles. The number of hydrogen-bond acceptors (Lipinski definition) is 5. The number of methoxy groups -OCH3 is 1. The molecule has 1 atom stereocenters. The van der Waals surface area contributed by atoms with Crippen LogP contribution in [-0.2, 0) is 4.74 Å². The molecule has 1 rings (SSSR count). The highest BCUT2D eigenvalue weighted by Crippen LogP contribution is 2.21. The van der Waals surface area contributed by atoms with Crippen molar-refractivity contribution >= 4 is 17.3 Å². The lowest BCUT2D eigenvalue weighted by atomic mass is 10.1. The maximum Gasteiger partial charge on any atom is 0.282 e. The fraction of sp³-hybridized carbons (Fsp3) is 0.417. The topological polar surface area (TPSA) is 107 Å². The average Bonchev–Trinajstić information content (AvgIpc) is 2.35. The van der Waals surface area contributed by atoms with E-state index in [1.54, 1.807) is 14.0 Å². The van der Waals surface area contributed by atoms with Crippen LogP contribution in [0.25, 0.3) is 0 Å². The van der Waals surface area contributed by atoms with Crippen molar-refractivity contribution in [3.63, 3.8) is 0 Å². The van der Waals surface area contributed by atoms with Gasteiger partial charge in [-0.2, -0.15) is 0 Å². The first-order valence-corrected chi connectivity index (χ1v) is 5.79. The maximum atomic E-state index is 12.0. The van der Waals surface area contributed by atoms with Gasteiger partial charge < -0.3 is 15.8 Å². The standard InChI is InChI=1S/C12H17N3O4/c1-8(5-6-19-2)14-12(16)10-7-9(13)3-4-11(10)15(17)18/h3-4,7-8H,5-6,13H2,1-2H3,(H,14,16). The van der Waals surface area contributed by atoms with Gasteiger partial charge in [-0.15, -0.1) is 0 Å². The van der Waals surface area contributed by atoms with E-state index in [-0.39, 0.29) is 17.3 Å². The van der Waals surface area contributed by atoms with E-state index in [1.165, 1.54) is 18.2 Å². The molecule has 0 spiro atoms. The molecule has 0 saturated heterocycles. The third kappa shape index (κ3) is 4.22. The maximum absolute atomic E-state index is 12.0. The number of nitrogen functional groups attached to an aromatic ring is 1. The summed E-state index contributed by atoms with van der Waals surface area (Å²) in [5.41, 5.74) is 5.57. The minimum Gasteiger partial charge on any atom is -0.399 e. The van der Waals surface area contributed by atoms with Crippen molar-refractivity contribution in [1.82, 2.24) is 5.32 Å². The molecule has 104 valence electrons. The molecule has 3 N–H and O–H groups in total. The number of nitrogens with zero attached hydrogens (tertiary/aromatic N) is 1. The third-order valence-corrected chi connectivity index (χ3v) is 2.59. The number of nitrogens with one attached hydrogen (secondary N) is 1. The average molecular weight is 267 g/mol. The number of nitro benzene ring substituents is 1. The summed E-state index contributed by atoms with van der Waals surface area (Å²) in [5.74, 6) is -0.511. The molecule has 0 fully saturated rings.